The molecule has 0 aliphatic heterocycles. The second-order valence-electron chi connectivity index (χ2n) is 4.07. The molecular weight excluding hydrogens is 301 g/mol. The zero-order valence-corrected chi connectivity index (χ0v) is 10.7. The summed E-state index contributed by atoms with van der Waals surface area (Å²) in [6, 6.07) is 0. The van der Waals surface area contributed by atoms with Crippen LogP contribution in [0.25, 0.3) is 0 Å². The van der Waals surface area contributed by atoms with Crippen LogP contribution in [0, 0.1) is 29.1 Å². The molecule has 0 heterocycles. The maximum absolute atomic E-state index is 13.5. The molecule has 1 amide bonds. The lowest BCUT2D eigenvalue weighted by Gasteiger charge is -2.20. The van der Waals surface area contributed by atoms with E-state index in [0.717, 1.165) is 0 Å². The molecule has 0 spiro atoms. The van der Waals surface area contributed by atoms with Crippen molar-refractivity contribution in [3.8, 4) is 0 Å². The van der Waals surface area contributed by atoms with E-state index in [2.05, 4.69) is 0 Å². The topological polar surface area (TPSA) is 57.6 Å². The van der Waals surface area contributed by atoms with Crippen LogP contribution in [0.5, 0.6) is 0 Å². The summed E-state index contributed by atoms with van der Waals surface area (Å²) in [5.74, 6) is -14.5. The number of nitrogens with zero attached hydrogens (tertiary/aromatic N) is 1. The van der Waals surface area contributed by atoms with Gasteiger partial charge in [-0.1, -0.05) is 6.92 Å². The number of benzene rings is 1. The van der Waals surface area contributed by atoms with E-state index >= 15 is 0 Å². The summed E-state index contributed by atoms with van der Waals surface area (Å²) in [4.78, 5) is 22.9. The molecule has 0 atom stereocenters. The minimum absolute atomic E-state index is 0.218. The van der Waals surface area contributed by atoms with Crippen molar-refractivity contribution in [1.29, 1.82) is 0 Å². The number of aliphatic carboxylic acids is 1. The maximum Gasteiger partial charge on any atom is 0.323 e. The second kappa shape index (κ2) is 6.51. The lowest BCUT2D eigenvalue weighted by molar-refractivity contribution is -0.137. The molecule has 116 valence electrons. The van der Waals surface area contributed by atoms with Gasteiger partial charge in [0.2, 0.25) is 5.82 Å². The third kappa shape index (κ3) is 3.29. The van der Waals surface area contributed by atoms with Gasteiger partial charge in [-0.2, -0.15) is 0 Å². The Morgan fingerprint density at radius 1 is 0.952 bits per heavy atom. The zero-order valence-electron chi connectivity index (χ0n) is 10.7. The van der Waals surface area contributed by atoms with Gasteiger partial charge >= 0.3 is 5.97 Å². The molecule has 9 heteroatoms. The Kier molecular flexibility index (Phi) is 5.23. The number of hydrogen-bond acceptors (Lipinski definition) is 2. The molecule has 0 radical (unpaired) electrons. The van der Waals surface area contributed by atoms with Gasteiger partial charge in [-0.05, 0) is 6.42 Å². The SMILES string of the molecule is CCCN(CC(=O)O)C(=O)c1c(F)c(F)c(F)c(F)c1F. The normalized spacial score (nSPS) is 10.6. The predicted octanol–water partition coefficient (Wildman–Crippen LogP) is 2.32. The lowest BCUT2D eigenvalue weighted by Crippen LogP contribution is -2.37. The fraction of sp³-hybridized carbons (Fsp3) is 0.333. The molecule has 0 aromatic heterocycles. The first-order valence-electron chi connectivity index (χ1n) is 5.74. The third-order valence-electron chi connectivity index (χ3n) is 2.53. The molecule has 0 aliphatic rings. The summed E-state index contributed by atoms with van der Waals surface area (Å²) < 4.78 is 65.9. The quantitative estimate of drug-likeness (QED) is 0.516. The molecular formula is C12H10F5NO3. The molecule has 0 unspecified atom stereocenters. The molecule has 1 rings (SSSR count). The number of carbonyl (C=O) groups is 2. The molecule has 0 fully saturated rings. The van der Waals surface area contributed by atoms with Crippen LogP contribution >= 0.6 is 0 Å². The molecule has 4 nitrogen and oxygen atoms in total. The van der Waals surface area contributed by atoms with E-state index in [1.165, 1.54) is 0 Å². The van der Waals surface area contributed by atoms with Gasteiger partial charge in [0.05, 0.1) is 0 Å². The van der Waals surface area contributed by atoms with E-state index in [4.69, 9.17) is 5.11 Å². The van der Waals surface area contributed by atoms with Crippen molar-refractivity contribution < 1.29 is 36.6 Å². The minimum atomic E-state index is -2.39. The van der Waals surface area contributed by atoms with Crippen LogP contribution in [0.2, 0.25) is 0 Å². The number of halogens is 5. The fourth-order valence-electron chi connectivity index (χ4n) is 1.64. The Bertz CT molecular complexity index is 562. The summed E-state index contributed by atoms with van der Waals surface area (Å²) in [5, 5.41) is 8.61. The van der Waals surface area contributed by atoms with Crippen LogP contribution in [0.15, 0.2) is 0 Å². The van der Waals surface area contributed by atoms with Crippen LogP contribution in [0.3, 0.4) is 0 Å². The summed E-state index contributed by atoms with van der Waals surface area (Å²) in [7, 11) is 0. The molecule has 1 aromatic rings. The number of amides is 1. The Hall–Kier alpha value is -2.19. The average Bonchev–Trinajstić information content (AvgIpc) is 2.42. The van der Waals surface area contributed by atoms with Crippen LogP contribution in [-0.4, -0.2) is 35.0 Å². The van der Waals surface area contributed by atoms with E-state index in [1.807, 2.05) is 0 Å². The van der Waals surface area contributed by atoms with Gasteiger partial charge < -0.3 is 10.0 Å². The standard InChI is InChI=1S/C12H10F5NO3/c1-2-3-18(4-5(19)20)12(21)6-7(13)9(15)11(17)10(16)8(6)14/h2-4H2,1H3,(H,19,20). The molecule has 21 heavy (non-hydrogen) atoms. The van der Waals surface area contributed by atoms with Gasteiger partial charge in [0, 0.05) is 6.54 Å². The highest BCUT2D eigenvalue weighted by Crippen LogP contribution is 2.24. The number of carboxylic acid groups (broad SMARTS) is 1. The number of hydrogen-bond donors (Lipinski definition) is 1. The van der Waals surface area contributed by atoms with Crippen LogP contribution in [0.4, 0.5) is 22.0 Å². The van der Waals surface area contributed by atoms with Crippen LogP contribution < -0.4 is 0 Å². The predicted molar refractivity (Wildman–Crippen MR) is 60.1 cm³/mol. The molecule has 1 N–H and O–H groups in total. The van der Waals surface area contributed by atoms with Gasteiger partial charge in [-0.15, -0.1) is 0 Å². The highest BCUT2D eigenvalue weighted by molar-refractivity contribution is 5.96. The van der Waals surface area contributed by atoms with Crippen molar-refractivity contribution >= 4 is 11.9 Å². The first-order valence-corrected chi connectivity index (χ1v) is 5.74. The average molecular weight is 311 g/mol. The largest absolute Gasteiger partial charge is 0.480 e. The van der Waals surface area contributed by atoms with E-state index in [0.29, 0.717) is 4.90 Å². The van der Waals surface area contributed by atoms with Crippen molar-refractivity contribution in [2.75, 3.05) is 13.1 Å². The summed E-state index contributed by atoms with van der Waals surface area (Å²) >= 11 is 0. The van der Waals surface area contributed by atoms with E-state index in [1.54, 1.807) is 6.92 Å². The second-order valence-corrected chi connectivity index (χ2v) is 4.07. The molecule has 0 bridgehead atoms. The Morgan fingerprint density at radius 2 is 1.38 bits per heavy atom. The van der Waals surface area contributed by atoms with Gasteiger partial charge in [0.15, 0.2) is 23.3 Å². The number of carbonyl (C=O) groups excluding carboxylic acids is 1. The van der Waals surface area contributed by atoms with E-state index in [9.17, 15) is 31.5 Å². The summed E-state index contributed by atoms with van der Waals surface area (Å²) in [6.07, 6.45) is 0.231. The first-order chi connectivity index (χ1) is 9.72. The maximum atomic E-state index is 13.5. The summed E-state index contributed by atoms with van der Waals surface area (Å²) in [6.45, 7) is 0.400. The Morgan fingerprint density at radius 3 is 1.76 bits per heavy atom. The van der Waals surface area contributed by atoms with E-state index in [-0.39, 0.29) is 13.0 Å². The summed E-state index contributed by atoms with van der Waals surface area (Å²) in [5.41, 5.74) is -1.67. The third-order valence-corrected chi connectivity index (χ3v) is 2.53. The monoisotopic (exact) mass is 311 g/mol. The van der Waals surface area contributed by atoms with Gasteiger partial charge in [0.1, 0.15) is 12.1 Å². The van der Waals surface area contributed by atoms with Gasteiger partial charge in [-0.25, -0.2) is 22.0 Å². The molecule has 1 aromatic carbocycles. The van der Waals surface area contributed by atoms with Crippen LogP contribution in [-0.2, 0) is 4.79 Å². The fourth-order valence-corrected chi connectivity index (χ4v) is 1.64. The smallest absolute Gasteiger partial charge is 0.323 e. The van der Waals surface area contributed by atoms with Gasteiger partial charge in [0.25, 0.3) is 5.91 Å². The lowest BCUT2D eigenvalue weighted by atomic mass is 10.1. The highest BCUT2D eigenvalue weighted by atomic mass is 19.2. The molecule has 0 saturated carbocycles. The van der Waals surface area contributed by atoms with Crippen molar-refractivity contribution in [2.24, 2.45) is 0 Å². The van der Waals surface area contributed by atoms with Gasteiger partial charge in [-0.3, -0.25) is 9.59 Å². The van der Waals surface area contributed by atoms with Crippen molar-refractivity contribution in [3.05, 3.63) is 34.6 Å². The Labute approximate surface area is 115 Å². The molecule has 0 aliphatic carbocycles. The van der Waals surface area contributed by atoms with Crippen LogP contribution in [0.1, 0.15) is 23.7 Å². The number of carboxylic acids is 1. The van der Waals surface area contributed by atoms with E-state index < -0.39 is 53.1 Å². The number of rotatable bonds is 5. The Balaban J connectivity index is 3.37. The minimum Gasteiger partial charge on any atom is -0.480 e. The zero-order chi connectivity index (χ0) is 16.3. The molecule has 0 saturated heterocycles. The van der Waals surface area contributed by atoms with Crippen molar-refractivity contribution in [3.63, 3.8) is 0 Å². The van der Waals surface area contributed by atoms with Crippen molar-refractivity contribution in [1.82, 2.24) is 4.90 Å². The van der Waals surface area contributed by atoms with Crippen molar-refractivity contribution in [2.45, 2.75) is 13.3 Å². The highest BCUT2D eigenvalue weighted by Gasteiger charge is 2.32. The first kappa shape index (κ1) is 16.9.